The zero-order valence-corrected chi connectivity index (χ0v) is 8.94. The van der Waals surface area contributed by atoms with Gasteiger partial charge in [-0.25, -0.2) is 0 Å². The Hall–Kier alpha value is -1.12. The number of aldehydes is 1. The highest BCUT2D eigenvalue weighted by molar-refractivity contribution is 5.49. The fraction of sp³-hybridized carbons (Fsp3) is 0.636. The van der Waals surface area contributed by atoms with Gasteiger partial charge in [-0.2, -0.15) is 5.10 Å². The summed E-state index contributed by atoms with van der Waals surface area (Å²) in [6.07, 6.45) is 5.42. The van der Waals surface area contributed by atoms with Crippen LogP contribution in [0.4, 0.5) is 0 Å². The van der Waals surface area contributed by atoms with Gasteiger partial charge >= 0.3 is 0 Å². The lowest BCUT2D eigenvalue weighted by atomic mass is 10.2. The van der Waals surface area contributed by atoms with E-state index in [0.717, 1.165) is 31.4 Å². The number of hydrogen-bond acceptors (Lipinski definition) is 2. The van der Waals surface area contributed by atoms with Crippen LogP contribution in [0.3, 0.4) is 0 Å². The summed E-state index contributed by atoms with van der Waals surface area (Å²) in [6.45, 7) is 5.31. The number of carbonyl (C=O) groups is 1. The monoisotopic (exact) mass is 194 g/mol. The lowest BCUT2D eigenvalue weighted by Crippen LogP contribution is -2.05. The van der Waals surface area contributed by atoms with E-state index in [1.165, 1.54) is 0 Å². The number of rotatable bonds is 6. The second kappa shape index (κ2) is 5.58. The predicted octanol–water partition coefficient (Wildman–Crippen LogP) is 2.06. The molecule has 1 aromatic heterocycles. The van der Waals surface area contributed by atoms with Gasteiger partial charge in [-0.15, -0.1) is 0 Å². The fourth-order valence-electron chi connectivity index (χ4n) is 1.38. The van der Waals surface area contributed by atoms with E-state index in [9.17, 15) is 4.79 Å². The lowest BCUT2D eigenvalue weighted by Gasteiger charge is -2.03. The number of aromatic nitrogens is 2. The van der Waals surface area contributed by atoms with Crippen molar-refractivity contribution in [3.63, 3.8) is 0 Å². The van der Waals surface area contributed by atoms with E-state index in [0.29, 0.717) is 12.3 Å². The molecular formula is C11H18N2O. The zero-order chi connectivity index (χ0) is 10.4. The molecular weight excluding hydrogens is 176 g/mol. The first-order valence-corrected chi connectivity index (χ1v) is 5.18. The second-order valence-electron chi connectivity index (χ2n) is 3.98. The zero-order valence-electron chi connectivity index (χ0n) is 8.94. The normalized spacial score (nSPS) is 10.8. The highest BCUT2D eigenvalue weighted by atomic mass is 16.1. The molecule has 0 N–H and O–H groups in total. The minimum absolute atomic E-state index is 0.623. The molecule has 0 fully saturated rings. The van der Waals surface area contributed by atoms with Crippen molar-refractivity contribution in [1.82, 2.24) is 9.78 Å². The third kappa shape index (κ3) is 3.73. The molecule has 0 saturated heterocycles. The summed E-state index contributed by atoms with van der Waals surface area (Å²) >= 11 is 0. The number of hydrogen-bond donors (Lipinski definition) is 0. The minimum atomic E-state index is 0.623. The first-order valence-electron chi connectivity index (χ1n) is 5.18. The van der Waals surface area contributed by atoms with Crippen LogP contribution in [0.25, 0.3) is 0 Å². The quantitative estimate of drug-likeness (QED) is 0.513. The summed E-state index contributed by atoms with van der Waals surface area (Å²) in [5, 5.41) is 4.42. The largest absolute Gasteiger partial charge is 0.303 e. The van der Waals surface area contributed by atoms with E-state index in [-0.39, 0.29) is 0 Å². The third-order valence-corrected chi connectivity index (χ3v) is 2.00. The number of aryl methyl sites for hydroxylation is 1. The maximum Gasteiger partial charge on any atom is 0.120 e. The Morgan fingerprint density at radius 3 is 3.00 bits per heavy atom. The van der Waals surface area contributed by atoms with Crippen LogP contribution in [0, 0.1) is 5.92 Å². The van der Waals surface area contributed by atoms with Gasteiger partial charge in [-0.1, -0.05) is 13.8 Å². The summed E-state index contributed by atoms with van der Waals surface area (Å²) in [6, 6.07) is 2.03. The van der Waals surface area contributed by atoms with Crippen LogP contribution >= 0.6 is 0 Å². The molecule has 0 aliphatic rings. The number of nitrogens with zero attached hydrogens (tertiary/aromatic N) is 2. The topological polar surface area (TPSA) is 34.9 Å². The van der Waals surface area contributed by atoms with Crippen LogP contribution in [0.2, 0.25) is 0 Å². The van der Waals surface area contributed by atoms with Gasteiger partial charge in [0.25, 0.3) is 0 Å². The van der Waals surface area contributed by atoms with E-state index in [1.807, 2.05) is 16.9 Å². The maximum atomic E-state index is 10.1. The molecule has 0 atom stereocenters. The van der Waals surface area contributed by atoms with Gasteiger partial charge in [0.1, 0.15) is 6.29 Å². The van der Waals surface area contributed by atoms with E-state index < -0.39 is 0 Å². The highest BCUT2D eigenvalue weighted by Crippen LogP contribution is 2.03. The van der Waals surface area contributed by atoms with Crippen molar-refractivity contribution < 1.29 is 4.79 Å². The molecule has 0 amide bonds. The summed E-state index contributed by atoms with van der Waals surface area (Å²) in [5.74, 6) is 0.623. The Kier molecular flexibility index (Phi) is 4.36. The van der Waals surface area contributed by atoms with Gasteiger partial charge in [0.2, 0.25) is 0 Å². The SMILES string of the molecule is CC(C)Cn1ccc(CCCC=O)n1. The van der Waals surface area contributed by atoms with Crippen LogP contribution in [-0.2, 0) is 17.8 Å². The summed E-state index contributed by atoms with van der Waals surface area (Å²) in [4.78, 5) is 10.1. The molecule has 0 aromatic carbocycles. The first-order chi connectivity index (χ1) is 6.72. The Labute approximate surface area is 85.1 Å². The van der Waals surface area contributed by atoms with Gasteiger partial charge in [0, 0.05) is 19.2 Å². The van der Waals surface area contributed by atoms with Crippen molar-refractivity contribution >= 4 is 6.29 Å². The summed E-state index contributed by atoms with van der Waals surface area (Å²) in [5.41, 5.74) is 1.09. The van der Waals surface area contributed by atoms with Crippen LogP contribution in [0.1, 0.15) is 32.4 Å². The van der Waals surface area contributed by atoms with E-state index >= 15 is 0 Å². The highest BCUT2D eigenvalue weighted by Gasteiger charge is 2.00. The van der Waals surface area contributed by atoms with Crippen LogP contribution in [-0.4, -0.2) is 16.1 Å². The fourth-order valence-corrected chi connectivity index (χ4v) is 1.38. The van der Waals surface area contributed by atoms with Crippen molar-refractivity contribution in [3.8, 4) is 0 Å². The summed E-state index contributed by atoms with van der Waals surface area (Å²) in [7, 11) is 0. The van der Waals surface area contributed by atoms with Gasteiger partial charge in [0.15, 0.2) is 0 Å². The van der Waals surface area contributed by atoms with Gasteiger partial charge in [0.05, 0.1) is 5.69 Å². The van der Waals surface area contributed by atoms with Crippen molar-refractivity contribution in [3.05, 3.63) is 18.0 Å². The number of carbonyl (C=O) groups excluding carboxylic acids is 1. The molecule has 78 valence electrons. The molecule has 14 heavy (non-hydrogen) atoms. The molecule has 0 aliphatic heterocycles. The van der Waals surface area contributed by atoms with Gasteiger partial charge < -0.3 is 4.79 Å². The molecule has 0 unspecified atom stereocenters. The lowest BCUT2D eigenvalue weighted by molar-refractivity contribution is -0.107. The Balaban J connectivity index is 2.38. The van der Waals surface area contributed by atoms with Crippen molar-refractivity contribution in [1.29, 1.82) is 0 Å². The van der Waals surface area contributed by atoms with Crippen molar-refractivity contribution in [2.45, 2.75) is 39.7 Å². The molecule has 0 saturated carbocycles. The molecule has 1 aromatic rings. The van der Waals surface area contributed by atoms with E-state index in [2.05, 4.69) is 18.9 Å². The Bertz CT molecular complexity index is 279. The van der Waals surface area contributed by atoms with Crippen LogP contribution < -0.4 is 0 Å². The van der Waals surface area contributed by atoms with E-state index in [4.69, 9.17) is 0 Å². The predicted molar refractivity (Wildman–Crippen MR) is 56.1 cm³/mol. The first kappa shape index (κ1) is 11.0. The van der Waals surface area contributed by atoms with Crippen LogP contribution in [0.15, 0.2) is 12.3 Å². The molecule has 3 nitrogen and oxygen atoms in total. The molecule has 0 spiro atoms. The van der Waals surface area contributed by atoms with Gasteiger partial charge in [-0.05, 0) is 24.8 Å². The molecule has 0 radical (unpaired) electrons. The van der Waals surface area contributed by atoms with Crippen molar-refractivity contribution in [2.75, 3.05) is 0 Å². The molecule has 0 aliphatic carbocycles. The average molecular weight is 194 g/mol. The molecule has 3 heteroatoms. The van der Waals surface area contributed by atoms with Crippen molar-refractivity contribution in [2.24, 2.45) is 5.92 Å². The van der Waals surface area contributed by atoms with Gasteiger partial charge in [-0.3, -0.25) is 4.68 Å². The Morgan fingerprint density at radius 1 is 1.57 bits per heavy atom. The molecule has 1 heterocycles. The van der Waals surface area contributed by atoms with Crippen LogP contribution in [0.5, 0.6) is 0 Å². The number of unbranched alkanes of at least 4 members (excludes halogenated alkanes) is 1. The Morgan fingerprint density at radius 2 is 2.36 bits per heavy atom. The molecule has 1 rings (SSSR count). The molecule has 0 bridgehead atoms. The average Bonchev–Trinajstić information content (AvgIpc) is 2.52. The minimum Gasteiger partial charge on any atom is -0.303 e. The third-order valence-electron chi connectivity index (χ3n) is 2.00. The van der Waals surface area contributed by atoms with E-state index in [1.54, 1.807) is 0 Å². The second-order valence-corrected chi connectivity index (χ2v) is 3.98. The maximum absolute atomic E-state index is 10.1. The smallest absolute Gasteiger partial charge is 0.120 e. The summed E-state index contributed by atoms with van der Waals surface area (Å²) < 4.78 is 1.97. The standard InChI is InChI=1S/C11H18N2O/c1-10(2)9-13-7-6-11(12-13)5-3-4-8-14/h6-8,10H,3-5,9H2,1-2H3.